The van der Waals surface area contributed by atoms with E-state index in [2.05, 4.69) is 15.4 Å². The molecule has 3 aromatic rings. The second-order valence-electron chi connectivity index (χ2n) is 18.1. The smallest absolute Gasteiger partial charge is 0.392 e. The standard InChI is InChI=1S/C13H12F3NO2.C13H12F3NO.C7H9N.C6H8F3NO.C6H5F3O3.C4H9NO.C4H8O.C2H2O3/c14-13(15,16)7-10-6-11(18)17(12(10)19)8-9-4-2-1-3-5-9;14-13(15,16)7-11-6-12(18)17(9-11)8-10-4-2-1-3-5-10;8-6-7-4-2-1-3-5-7;7-6(8,9)2-4-1-5(11)10-3-4;7-6(8,9)2-3-1-4(10)12-5(3)11;1-3-6-4-2-5-1;1-2-3-4-5;3-1-2(4)5/h1-6,12,19H,7-8H2;1-6H,7-9H2;1-5H,6,8H2;4H,1-3H2,(H,10,11);1,5,11H,2H2;5H,1-4H2;4H,2-3H2,1H3;1H,(H,4,5). The summed E-state index contributed by atoms with van der Waals surface area (Å²) >= 11 is 0. The fraction of sp³-hybridized carbons (Fsp3) is 0.436. The molecule has 0 aromatic heterocycles. The number of alkyl halides is 12. The number of amides is 3. The second-order valence-corrected chi connectivity index (χ2v) is 18.1. The Morgan fingerprint density at radius 2 is 1.17 bits per heavy atom. The van der Waals surface area contributed by atoms with Crippen LogP contribution in [0.1, 0.15) is 68.6 Å². The van der Waals surface area contributed by atoms with Gasteiger partial charge in [0.1, 0.15) is 6.29 Å². The number of carboxylic acid groups (broad SMARTS) is 1. The monoisotopic (exact) mass is 1220 g/mol. The number of nitrogens with one attached hydrogen (secondary N) is 2. The Kier molecular flexibility index (Phi) is 34.1. The third-order valence-electron chi connectivity index (χ3n) is 10.8. The second kappa shape index (κ2) is 38.4. The van der Waals surface area contributed by atoms with Crippen molar-refractivity contribution in [2.24, 2.45) is 11.7 Å². The summed E-state index contributed by atoms with van der Waals surface area (Å²) in [5, 5.41) is 31.4. The Bertz CT molecular complexity index is 2550. The van der Waals surface area contributed by atoms with E-state index in [-0.39, 0.29) is 55.3 Å². The minimum Gasteiger partial charge on any atom is -0.476 e. The summed E-state index contributed by atoms with van der Waals surface area (Å²) in [6.07, 6.45) is -19.9. The number of carbonyl (C=O) groups is 7. The molecule has 3 unspecified atom stereocenters. The zero-order chi connectivity index (χ0) is 63.5. The molecule has 5 heterocycles. The van der Waals surface area contributed by atoms with Gasteiger partial charge in [0, 0.05) is 88.9 Å². The van der Waals surface area contributed by atoms with Crippen molar-refractivity contribution < 1.29 is 111 Å². The van der Waals surface area contributed by atoms with Crippen LogP contribution in [0.4, 0.5) is 52.7 Å². The number of cyclic esters (lactones) is 1. The van der Waals surface area contributed by atoms with Gasteiger partial charge in [0.05, 0.1) is 32.5 Å². The van der Waals surface area contributed by atoms with Gasteiger partial charge < -0.3 is 55.8 Å². The van der Waals surface area contributed by atoms with Crippen molar-refractivity contribution in [2.45, 2.75) is 109 Å². The lowest BCUT2D eigenvalue weighted by atomic mass is 10.1. The van der Waals surface area contributed by atoms with Gasteiger partial charge in [0.25, 0.3) is 0 Å². The molecule has 7 N–H and O–H groups in total. The maximum absolute atomic E-state index is 12.3. The number of aliphatic carboxylic acids is 1. The number of rotatable bonds is 12. The number of nitrogens with zero attached hydrogens (tertiary/aromatic N) is 2. The Balaban J connectivity index is 0.000000502. The first kappa shape index (κ1) is 74.5. The number of benzene rings is 3. The van der Waals surface area contributed by atoms with E-state index in [1.807, 2.05) is 67.6 Å². The zero-order valence-corrected chi connectivity index (χ0v) is 45.1. The molecule has 17 nitrogen and oxygen atoms in total. The highest BCUT2D eigenvalue weighted by Crippen LogP contribution is 2.32. The summed E-state index contributed by atoms with van der Waals surface area (Å²) in [4.78, 5) is 73.7. The Hall–Kier alpha value is -7.47. The van der Waals surface area contributed by atoms with E-state index in [9.17, 15) is 81.8 Å². The highest BCUT2D eigenvalue weighted by molar-refractivity contribution is 6.19. The molecule has 0 saturated carbocycles. The Morgan fingerprint density at radius 1 is 0.679 bits per heavy atom. The maximum Gasteiger partial charge on any atom is 0.392 e. The lowest BCUT2D eigenvalue weighted by Gasteiger charge is -2.23. The number of morpholine rings is 1. The number of hydrogen-bond donors (Lipinski definition) is 6. The quantitative estimate of drug-likeness (QED) is 0.0436. The molecule has 5 aliphatic rings. The van der Waals surface area contributed by atoms with Crippen molar-refractivity contribution >= 4 is 42.2 Å². The first-order chi connectivity index (χ1) is 39.3. The lowest BCUT2D eigenvalue weighted by Crippen LogP contribution is -2.35. The predicted octanol–water partition coefficient (Wildman–Crippen LogP) is 7.96. The molecule has 3 atom stereocenters. The molecule has 29 heteroatoms. The van der Waals surface area contributed by atoms with Gasteiger partial charge in [-0.3, -0.25) is 19.2 Å². The van der Waals surface area contributed by atoms with E-state index in [4.69, 9.17) is 30.3 Å². The number of carboxylic acids is 1. The fourth-order valence-corrected chi connectivity index (χ4v) is 7.09. The van der Waals surface area contributed by atoms with Crippen LogP contribution in [-0.4, -0.2) is 144 Å². The van der Waals surface area contributed by atoms with Crippen LogP contribution in [0.2, 0.25) is 0 Å². The van der Waals surface area contributed by atoms with E-state index >= 15 is 0 Å². The van der Waals surface area contributed by atoms with Gasteiger partial charge in [-0.15, -0.1) is 0 Å². The summed E-state index contributed by atoms with van der Waals surface area (Å²) in [5.74, 6) is -4.15. The third-order valence-corrected chi connectivity index (χ3v) is 10.8. The van der Waals surface area contributed by atoms with Gasteiger partial charge >= 0.3 is 36.6 Å². The SMILES string of the molecule is C1COCCN1.CCCC=O.NCc1ccccc1.O=C1C=C(CC(F)(F)F)C(O)N1Cc1ccccc1.O=C1C=C(CC(F)(F)F)C(O)O1.O=C1C=C(CC(F)(F)F)CN1Cc1ccccc1.O=C1CC(CC(F)(F)F)CN1.O=CC(=O)O. The van der Waals surface area contributed by atoms with Gasteiger partial charge in [0.2, 0.25) is 30.3 Å². The third kappa shape index (κ3) is 36.2. The zero-order valence-electron chi connectivity index (χ0n) is 45.1. The largest absolute Gasteiger partial charge is 0.476 e. The average molecular weight is 1220 g/mol. The molecule has 84 heavy (non-hydrogen) atoms. The van der Waals surface area contributed by atoms with E-state index in [1.54, 1.807) is 30.3 Å². The molecule has 2 saturated heterocycles. The first-order valence-corrected chi connectivity index (χ1v) is 25.3. The fourth-order valence-electron chi connectivity index (χ4n) is 7.09. The average Bonchev–Trinajstić information content (AvgIpc) is 4.23. The van der Waals surface area contributed by atoms with Crippen LogP contribution in [0.3, 0.4) is 0 Å². The van der Waals surface area contributed by atoms with Crippen LogP contribution in [0.5, 0.6) is 0 Å². The highest BCUT2D eigenvalue weighted by Gasteiger charge is 2.39. The lowest BCUT2D eigenvalue weighted by molar-refractivity contribution is -0.156. The van der Waals surface area contributed by atoms with Gasteiger partial charge in [-0.25, -0.2) is 9.59 Å². The molecule has 3 amide bonds. The topological polar surface area (TPSA) is 255 Å². The molecule has 0 aliphatic carbocycles. The number of aliphatic hydroxyl groups excluding tert-OH is 2. The minimum atomic E-state index is -4.43. The Morgan fingerprint density at radius 3 is 1.51 bits per heavy atom. The predicted molar refractivity (Wildman–Crippen MR) is 278 cm³/mol. The highest BCUT2D eigenvalue weighted by atomic mass is 19.4. The molecular weight excluding hydrogens is 1150 g/mol. The van der Waals surface area contributed by atoms with Crippen molar-refractivity contribution in [3.05, 3.63) is 143 Å². The van der Waals surface area contributed by atoms with E-state index in [0.717, 1.165) is 67.2 Å². The van der Waals surface area contributed by atoms with Crippen LogP contribution in [-0.2, 0) is 62.7 Å². The molecule has 2 fully saturated rings. The summed E-state index contributed by atoms with van der Waals surface area (Å²) in [7, 11) is 0. The van der Waals surface area contributed by atoms with Gasteiger partial charge in [0.15, 0.2) is 6.23 Å². The van der Waals surface area contributed by atoms with Crippen LogP contribution < -0.4 is 16.4 Å². The van der Waals surface area contributed by atoms with Crippen LogP contribution in [0, 0.1) is 5.92 Å². The molecule has 0 spiro atoms. The summed E-state index contributed by atoms with van der Waals surface area (Å²) in [6, 6.07) is 28.0. The van der Waals surface area contributed by atoms with Crippen LogP contribution >= 0.6 is 0 Å². The van der Waals surface area contributed by atoms with Crippen molar-refractivity contribution in [2.75, 3.05) is 39.4 Å². The number of unbranched alkanes of at least 4 members (excludes halogenated alkanes) is 1. The first-order valence-electron chi connectivity index (χ1n) is 25.3. The van der Waals surface area contributed by atoms with Gasteiger partial charge in [-0.2, -0.15) is 52.7 Å². The van der Waals surface area contributed by atoms with Crippen molar-refractivity contribution in [1.82, 2.24) is 20.4 Å². The van der Waals surface area contributed by atoms with Gasteiger partial charge in [-0.1, -0.05) is 97.9 Å². The number of esters is 1. The molecule has 8 rings (SSSR count). The Labute approximate surface area is 475 Å². The number of ether oxygens (including phenoxy) is 2. The number of carbonyl (C=O) groups excluding carboxylic acids is 6. The molecule has 5 aliphatic heterocycles. The molecule has 0 bridgehead atoms. The van der Waals surface area contributed by atoms with Gasteiger partial charge in [-0.05, 0) is 40.2 Å². The van der Waals surface area contributed by atoms with E-state index < -0.39 is 92.2 Å². The number of aliphatic hydroxyl groups is 2. The number of halogens is 12. The van der Waals surface area contributed by atoms with E-state index in [0.29, 0.717) is 25.6 Å². The summed E-state index contributed by atoms with van der Waals surface area (Å²) in [6.45, 7) is 7.11. The number of hydrogen-bond acceptors (Lipinski definition) is 13. The number of aldehydes is 2. The molecule has 3 aromatic carbocycles. The minimum absolute atomic E-state index is 0.0134. The molecule has 0 radical (unpaired) electrons. The van der Waals surface area contributed by atoms with Crippen LogP contribution in [0.15, 0.2) is 126 Å². The van der Waals surface area contributed by atoms with Crippen molar-refractivity contribution in [3.63, 3.8) is 0 Å². The molecular formula is C55H65F12N5O12. The van der Waals surface area contributed by atoms with Crippen LogP contribution in [0.25, 0.3) is 0 Å². The molecule has 466 valence electrons. The number of nitrogens with two attached hydrogens (primary N) is 1. The maximum atomic E-state index is 12.3. The van der Waals surface area contributed by atoms with E-state index in [1.165, 1.54) is 10.5 Å². The normalized spacial score (nSPS) is 18.0. The van der Waals surface area contributed by atoms with Crippen molar-refractivity contribution in [3.8, 4) is 0 Å². The van der Waals surface area contributed by atoms with Crippen molar-refractivity contribution in [1.29, 1.82) is 0 Å². The summed E-state index contributed by atoms with van der Waals surface area (Å²) in [5.41, 5.74) is 7.56. The summed E-state index contributed by atoms with van der Waals surface area (Å²) < 4.78 is 153.